The Balaban J connectivity index is 2.69. The highest BCUT2D eigenvalue weighted by Gasteiger charge is 2.12. The summed E-state index contributed by atoms with van der Waals surface area (Å²) in [5, 5.41) is 0. The fraction of sp³-hybridized carbons (Fsp3) is 0.417. The molecule has 0 aliphatic carbocycles. The third kappa shape index (κ3) is 1.78. The summed E-state index contributed by atoms with van der Waals surface area (Å²) in [5.41, 5.74) is 1.76. The Kier molecular flexibility index (Phi) is 3.10. The molecule has 0 fully saturated rings. The number of nitrogens with zero attached hydrogens (tertiary/aromatic N) is 1. The average molecular weight is 238 g/mol. The second kappa shape index (κ2) is 4.37. The highest BCUT2D eigenvalue weighted by molar-refractivity contribution is 7.71. The van der Waals surface area contributed by atoms with Crippen LogP contribution in [-0.4, -0.2) is 9.55 Å². The molecule has 0 saturated heterocycles. The van der Waals surface area contributed by atoms with E-state index in [2.05, 4.69) is 23.4 Å². The zero-order valence-electron chi connectivity index (χ0n) is 9.46. The van der Waals surface area contributed by atoms with Crippen molar-refractivity contribution in [2.75, 3.05) is 0 Å². The second-order valence-corrected chi connectivity index (χ2v) is 4.32. The third-order valence-electron chi connectivity index (χ3n) is 2.99. The van der Waals surface area contributed by atoms with E-state index in [-0.39, 0.29) is 5.82 Å². The molecule has 2 rings (SSSR count). The normalized spacial score (nSPS) is 11.5. The van der Waals surface area contributed by atoms with Crippen molar-refractivity contribution in [2.45, 2.75) is 32.7 Å². The molecule has 1 aromatic heterocycles. The third-order valence-corrected chi connectivity index (χ3v) is 3.28. The predicted octanol–water partition coefficient (Wildman–Crippen LogP) is 4.20. The molecule has 86 valence electrons. The van der Waals surface area contributed by atoms with E-state index >= 15 is 0 Å². The first-order chi connectivity index (χ1) is 7.67. The molecule has 0 radical (unpaired) electrons. The Bertz CT molecular complexity index is 552. The molecule has 0 spiro atoms. The van der Waals surface area contributed by atoms with Crippen molar-refractivity contribution in [2.24, 2.45) is 0 Å². The number of H-pyrrole nitrogens is 1. The molecule has 0 atom stereocenters. The lowest BCUT2D eigenvalue weighted by molar-refractivity contribution is 0.478. The lowest BCUT2D eigenvalue weighted by Gasteiger charge is -2.15. The van der Waals surface area contributed by atoms with Crippen molar-refractivity contribution >= 4 is 23.3 Å². The lowest BCUT2D eigenvalue weighted by atomic mass is 10.1. The Morgan fingerprint density at radius 3 is 2.69 bits per heavy atom. The van der Waals surface area contributed by atoms with Gasteiger partial charge in [0.2, 0.25) is 0 Å². The molecule has 0 bridgehead atoms. The molecule has 0 amide bonds. The van der Waals surface area contributed by atoms with Crippen molar-refractivity contribution in [1.82, 2.24) is 9.55 Å². The number of rotatable bonds is 3. The molecular formula is C12H15FN2S. The zero-order chi connectivity index (χ0) is 11.7. The number of nitrogens with one attached hydrogen (secondary N) is 1. The van der Waals surface area contributed by atoms with Crippen molar-refractivity contribution in [3.8, 4) is 0 Å². The van der Waals surface area contributed by atoms with E-state index in [1.54, 1.807) is 6.07 Å². The van der Waals surface area contributed by atoms with Gasteiger partial charge in [0.1, 0.15) is 5.82 Å². The SMILES string of the molecule is CCC(CC)n1c(=S)[nH]c2cc(F)ccc21. The van der Waals surface area contributed by atoms with Gasteiger partial charge in [0.15, 0.2) is 4.77 Å². The van der Waals surface area contributed by atoms with Crippen LogP contribution in [0.3, 0.4) is 0 Å². The van der Waals surface area contributed by atoms with Crippen LogP contribution in [0.15, 0.2) is 18.2 Å². The minimum Gasteiger partial charge on any atom is -0.330 e. The number of imidazole rings is 1. The molecule has 1 aromatic carbocycles. The molecule has 16 heavy (non-hydrogen) atoms. The smallest absolute Gasteiger partial charge is 0.178 e. The first kappa shape index (κ1) is 11.3. The number of benzene rings is 1. The van der Waals surface area contributed by atoms with Crippen LogP contribution in [0.2, 0.25) is 0 Å². The maximum Gasteiger partial charge on any atom is 0.178 e. The molecule has 1 heterocycles. The first-order valence-electron chi connectivity index (χ1n) is 5.57. The van der Waals surface area contributed by atoms with Gasteiger partial charge in [0, 0.05) is 6.04 Å². The van der Waals surface area contributed by atoms with Gasteiger partial charge in [0.05, 0.1) is 11.0 Å². The minimum absolute atomic E-state index is 0.236. The summed E-state index contributed by atoms with van der Waals surface area (Å²) in [6.07, 6.45) is 2.05. The lowest BCUT2D eigenvalue weighted by Crippen LogP contribution is -2.06. The van der Waals surface area contributed by atoms with Gasteiger partial charge in [0.25, 0.3) is 0 Å². The molecule has 0 unspecified atom stereocenters. The fourth-order valence-corrected chi connectivity index (χ4v) is 2.48. The van der Waals surface area contributed by atoms with Crippen LogP contribution in [-0.2, 0) is 0 Å². The second-order valence-electron chi connectivity index (χ2n) is 3.93. The highest BCUT2D eigenvalue weighted by Crippen LogP contribution is 2.23. The Hall–Kier alpha value is -1.16. The zero-order valence-corrected chi connectivity index (χ0v) is 10.3. The van der Waals surface area contributed by atoms with E-state index in [9.17, 15) is 4.39 Å². The van der Waals surface area contributed by atoms with E-state index in [1.807, 2.05) is 0 Å². The molecule has 4 heteroatoms. The molecule has 0 aliphatic heterocycles. The van der Waals surface area contributed by atoms with Crippen molar-refractivity contribution < 1.29 is 4.39 Å². The highest BCUT2D eigenvalue weighted by atomic mass is 32.1. The summed E-state index contributed by atoms with van der Waals surface area (Å²) in [7, 11) is 0. The summed E-state index contributed by atoms with van der Waals surface area (Å²) < 4.78 is 15.8. The summed E-state index contributed by atoms with van der Waals surface area (Å²) in [6, 6.07) is 5.13. The number of aromatic amines is 1. The van der Waals surface area contributed by atoms with Crippen molar-refractivity contribution in [3.05, 3.63) is 28.8 Å². The van der Waals surface area contributed by atoms with Crippen molar-refractivity contribution in [1.29, 1.82) is 0 Å². The quantitative estimate of drug-likeness (QED) is 0.795. The predicted molar refractivity (Wildman–Crippen MR) is 66.7 cm³/mol. The topological polar surface area (TPSA) is 20.7 Å². The molecule has 1 N–H and O–H groups in total. The Labute approximate surface area is 99.1 Å². The standard InChI is InChI=1S/C12H15FN2S/c1-3-9(4-2)15-11-6-5-8(13)7-10(11)14-12(15)16/h5-7,9H,3-4H2,1-2H3,(H,14,16). The number of fused-ring (bicyclic) bond motifs is 1. The first-order valence-corrected chi connectivity index (χ1v) is 5.98. The summed E-state index contributed by atoms with van der Waals surface area (Å²) in [5.74, 6) is -0.236. The maximum absolute atomic E-state index is 13.1. The van der Waals surface area contributed by atoms with E-state index < -0.39 is 0 Å². The summed E-state index contributed by atoms with van der Waals surface area (Å²) in [6.45, 7) is 4.27. The van der Waals surface area contributed by atoms with E-state index in [0.29, 0.717) is 10.8 Å². The van der Waals surface area contributed by atoms with Crippen LogP contribution < -0.4 is 0 Å². The molecule has 2 nitrogen and oxygen atoms in total. The number of aromatic nitrogens is 2. The molecular weight excluding hydrogens is 223 g/mol. The monoisotopic (exact) mass is 238 g/mol. The van der Waals surface area contributed by atoms with Gasteiger partial charge in [-0.05, 0) is 43.3 Å². The van der Waals surface area contributed by atoms with Gasteiger partial charge in [-0.2, -0.15) is 0 Å². The summed E-state index contributed by atoms with van der Waals surface area (Å²) >= 11 is 5.29. The number of halogens is 1. The largest absolute Gasteiger partial charge is 0.330 e. The van der Waals surface area contributed by atoms with E-state index in [4.69, 9.17) is 12.2 Å². The van der Waals surface area contributed by atoms with Gasteiger partial charge in [-0.1, -0.05) is 13.8 Å². The Morgan fingerprint density at radius 1 is 1.38 bits per heavy atom. The fourth-order valence-electron chi connectivity index (χ4n) is 2.12. The number of hydrogen-bond donors (Lipinski definition) is 1. The van der Waals surface area contributed by atoms with Crippen LogP contribution in [0, 0.1) is 10.6 Å². The maximum atomic E-state index is 13.1. The van der Waals surface area contributed by atoms with Crippen LogP contribution >= 0.6 is 12.2 Å². The summed E-state index contributed by atoms with van der Waals surface area (Å²) in [4.78, 5) is 3.05. The average Bonchev–Trinajstić information content (AvgIpc) is 2.57. The van der Waals surface area contributed by atoms with E-state index in [0.717, 1.165) is 23.9 Å². The van der Waals surface area contributed by atoms with Gasteiger partial charge < -0.3 is 9.55 Å². The van der Waals surface area contributed by atoms with Gasteiger partial charge in [-0.3, -0.25) is 0 Å². The minimum atomic E-state index is -0.236. The van der Waals surface area contributed by atoms with E-state index in [1.165, 1.54) is 12.1 Å². The molecule has 0 saturated carbocycles. The van der Waals surface area contributed by atoms with Crippen LogP contribution in [0.4, 0.5) is 4.39 Å². The van der Waals surface area contributed by atoms with Gasteiger partial charge >= 0.3 is 0 Å². The van der Waals surface area contributed by atoms with Crippen LogP contribution in [0.5, 0.6) is 0 Å². The van der Waals surface area contributed by atoms with Crippen molar-refractivity contribution in [3.63, 3.8) is 0 Å². The van der Waals surface area contributed by atoms with Crippen LogP contribution in [0.25, 0.3) is 11.0 Å². The molecule has 2 aromatic rings. The molecule has 0 aliphatic rings. The Morgan fingerprint density at radius 2 is 2.06 bits per heavy atom. The van der Waals surface area contributed by atoms with Crippen LogP contribution in [0.1, 0.15) is 32.7 Å². The van der Waals surface area contributed by atoms with Gasteiger partial charge in [-0.15, -0.1) is 0 Å². The van der Waals surface area contributed by atoms with Gasteiger partial charge in [-0.25, -0.2) is 4.39 Å². The number of hydrogen-bond acceptors (Lipinski definition) is 1.